The van der Waals surface area contributed by atoms with Crippen molar-refractivity contribution in [3.63, 3.8) is 0 Å². The van der Waals surface area contributed by atoms with E-state index in [1.165, 1.54) is 6.07 Å². The van der Waals surface area contributed by atoms with Gasteiger partial charge in [-0.25, -0.2) is 14.6 Å². The van der Waals surface area contributed by atoms with Gasteiger partial charge >= 0.3 is 12.1 Å². The molecule has 13 heteroatoms. The van der Waals surface area contributed by atoms with Gasteiger partial charge in [-0.05, 0) is 45.4 Å². The van der Waals surface area contributed by atoms with Crippen LogP contribution in [0.1, 0.15) is 60.5 Å². The summed E-state index contributed by atoms with van der Waals surface area (Å²) in [5.74, 6) is -0.825. The van der Waals surface area contributed by atoms with Gasteiger partial charge in [-0.2, -0.15) is 4.98 Å². The molecule has 1 aromatic heterocycles. The molecule has 260 valence electrons. The quantitative estimate of drug-likeness (QED) is 0.314. The Morgan fingerprint density at radius 3 is 2.29 bits per heavy atom. The van der Waals surface area contributed by atoms with Crippen LogP contribution in [-0.4, -0.2) is 107 Å². The van der Waals surface area contributed by atoms with Crippen molar-refractivity contribution in [3.8, 4) is 17.3 Å². The molecule has 2 aliphatic rings. The molecule has 5 rings (SSSR count). The minimum Gasteiger partial charge on any atom is -0.472 e. The smallest absolute Gasteiger partial charge is 0.409 e. The Hall–Kier alpha value is -5.04. The average Bonchev–Trinajstić information content (AvgIpc) is 3.60. The van der Waals surface area contributed by atoms with Crippen molar-refractivity contribution in [2.24, 2.45) is 0 Å². The van der Waals surface area contributed by atoms with Crippen LogP contribution in [-0.2, 0) is 25.4 Å². The maximum Gasteiger partial charge on any atom is 0.409 e. The number of esters is 1. The SMILES string of the molecule is CCOC(=O)N1CCN(C(=O)C(Cc2ccc(C(=O)OC(C)(C)C)cc2)NC(=O)c2cc(OC3CCOC3)nc(-c3ccccc3)n2)CC1. The third-order valence-electron chi connectivity index (χ3n) is 7.89. The number of hydrogen-bond donors (Lipinski definition) is 1. The number of aromatic nitrogens is 2. The molecule has 2 aliphatic heterocycles. The Bertz CT molecular complexity index is 1610. The van der Waals surface area contributed by atoms with Gasteiger partial charge in [0.05, 0.1) is 25.4 Å². The predicted octanol–water partition coefficient (Wildman–Crippen LogP) is 3.91. The summed E-state index contributed by atoms with van der Waals surface area (Å²) in [5.41, 5.74) is 1.17. The first kappa shape index (κ1) is 35.3. The van der Waals surface area contributed by atoms with E-state index in [2.05, 4.69) is 15.3 Å². The zero-order chi connectivity index (χ0) is 35.0. The van der Waals surface area contributed by atoms with E-state index in [0.717, 1.165) is 0 Å². The number of amides is 3. The standard InChI is InChI=1S/C36H43N5O8/c1-5-47-35(45)41-18-16-40(17-19-41)33(43)29(21-24-11-13-26(14-12-24)34(44)49-36(2,3)4)38-32(42)28-22-30(48-27-15-20-46-23-27)39-31(37-28)25-9-7-6-8-10-25/h6-14,22,27,29H,5,15-21,23H2,1-4H3,(H,38,42). The largest absolute Gasteiger partial charge is 0.472 e. The Labute approximate surface area is 285 Å². The Morgan fingerprint density at radius 1 is 0.959 bits per heavy atom. The molecule has 3 amide bonds. The number of benzene rings is 2. The van der Waals surface area contributed by atoms with E-state index in [4.69, 9.17) is 18.9 Å². The van der Waals surface area contributed by atoms with Crippen molar-refractivity contribution in [1.82, 2.24) is 25.1 Å². The van der Waals surface area contributed by atoms with E-state index < -0.39 is 29.6 Å². The molecule has 3 heterocycles. The molecule has 0 radical (unpaired) electrons. The zero-order valence-corrected chi connectivity index (χ0v) is 28.3. The Kier molecular flexibility index (Phi) is 11.4. The van der Waals surface area contributed by atoms with Gasteiger partial charge in [0.2, 0.25) is 11.8 Å². The van der Waals surface area contributed by atoms with Crippen LogP contribution < -0.4 is 10.1 Å². The van der Waals surface area contributed by atoms with Gasteiger partial charge in [-0.15, -0.1) is 0 Å². The van der Waals surface area contributed by atoms with Crippen LogP contribution in [0.4, 0.5) is 4.79 Å². The monoisotopic (exact) mass is 673 g/mol. The molecule has 2 aromatic carbocycles. The highest BCUT2D eigenvalue weighted by Gasteiger charge is 2.32. The van der Waals surface area contributed by atoms with Gasteiger partial charge in [0, 0.05) is 50.7 Å². The fourth-order valence-electron chi connectivity index (χ4n) is 5.42. The topological polar surface area (TPSA) is 149 Å². The van der Waals surface area contributed by atoms with Gasteiger partial charge < -0.3 is 34.1 Å². The number of rotatable bonds is 10. The van der Waals surface area contributed by atoms with E-state index in [-0.39, 0.29) is 49.7 Å². The molecular weight excluding hydrogens is 630 g/mol. The average molecular weight is 674 g/mol. The first-order valence-corrected chi connectivity index (χ1v) is 16.5. The molecule has 0 aliphatic carbocycles. The lowest BCUT2D eigenvalue weighted by Gasteiger charge is -2.36. The molecule has 0 spiro atoms. The lowest BCUT2D eigenvalue weighted by atomic mass is 10.0. The van der Waals surface area contributed by atoms with E-state index in [9.17, 15) is 19.2 Å². The van der Waals surface area contributed by atoms with Gasteiger partial charge in [0.25, 0.3) is 5.91 Å². The summed E-state index contributed by atoms with van der Waals surface area (Å²) in [7, 11) is 0. The molecule has 2 unspecified atom stereocenters. The number of piperazine rings is 1. The fourth-order valence-corrected chi connectivity index (χ4v) is 5.42. The van der Waals surface area contributed by atoms with Crippen LogP contribution in [0, 0.1) is 0 Å². The fraction of sp³-hybridized carbons (Fsp3) is 0.444. The molecule has 0 bridgehead atoms. The minimum absolute atomic E-state index is 0.0352. The summed E-state index contributed by atoms with van der Waals surface area (Å²) in [6.07, 6.45) is 0.195. The molecule has 49 heavy (non-hydrogen) atoms. The third kappa shape index (κ3) is 9.75. The molecule has 2 saturated heterocycles. The highest BCUT2D eigenvalue weighted by atomic mass is 16.6. The van der Waals surface area contributed by atoms with E-state index in [1.54, 1.807) is 61.8 Å². The Balaban J connectivity index is 1.39. The molecule has 3 aromatic rings. The predicted molar refractivity (Wildman–Crippen MR) is 179 cm³/mol. The molecule has 13 nitrogen and oxygen atoms in total. The summed E-state index contributed by atoms with van der Waals surface area (Å²) in [6.45, 7) is 9.52. The first-order chi connectivity index (χ1) is 23.5. The zero-order valence-electron chi connectivity index (χ0n) is 28.3. The highest BCUT2D eigenvalue weighted by molar-refractivity contribution is 5.97. The summed E-state index contributed by atoms with van der Waals surface area (Å²) in [4.78, 5) is 65.1. The normalized spacial score (nSPS) is 16.9. The second kappa shape index (κ2) is 15.9. The molecule has 2 atom stereocenters. The lowest BCUT2D eigenvalue weighted by molar-refractivity contribution is -0.134. The number of nitrogens with zero attached hydrogens (tertiary/aromatic N) is 4. The van der Waals surface area contributed by atoms with Crippen LogP contribution in [0.3, 0.4) is 0 Å². The summed E-state index contributed by atoms with van der Waals surface area (Å²) in [5, 5.41) is 2.90. The van der Waals surface area contributed by atoms with Gasteiger partial charge in [-0.3, -0.25) is 9.59 Å². The maximum absolute atomic E-state index is 14.0. The van der Waals surface area contributed by atoms with E-state index in [0.29, 0.717) is 55.2 Å². The highest BCUT2D eigenvalue weighted by Crippen LogP contribution is 2.22. The van der Waals surface area contributed by atoms with Crippen LogP contribution >= 0.6 is 0 Å². The lowest BCUT2D eigenvalue weighted by Crippen LogP contribution is -2.56. The second-order valence-corrected chi connectivity index (χ2v) is 12.8. The number of nitrogens with one attached hydrogen (secondary N) is 1. The molecule has 2 fully saturated rings. The molecular formula is C36H43N5O8. The van der Waals surface area contributed by atoms with Crippen LogP contribution in [0.25, 0.3) is 11.4 Å². The van der Waals surface area contributed by atoms with Gasteiger partial charge in [-0.1, -0.05) is 42.5 Å². The number of carbonyl (C=O) groups is 4. The molecule has 1 N–H and O–H groups in total. The van der Waals surface area contributed by atoms with Gasteiger partial charge in [0.15, 0.2) is 5.82 Å². The van der Waals surface area contributed by atoms with Crippen LogP contribution in [0.5, 0.6) is 5.88 Å². The van der Waals surface area contributed by atoms with E-state index in [1.807, 2.05) is 30.3 Å². The maximum atomic E-state index is 14.0. The number of hydrogen-bond acceptors (Lipinski definition) is 10. The van der Waals surface area contributed by atoms with Gasteiger partial charge in [0.1, 0.15) is 23.4 Å². The summed E-state index contributed by atoms with van der Waals surface area (Å²) in [6, 6.07) is 16.5. The second-order valence-electron chi connectivity index (χ2n) is 12.8. The first-order valence-electron chi connectivity index (χ1n) is 16.5. The molecule has 0 saturated carbocycles. The summed E-state index contributed by atoms with van der Waals surface area (Å²) < 4.78 is 22.1. The third-order valence-corrected chi connectivity index (χ3v) is 7.89. The number of ether oxygens (including phenoxy) is 4. The van der Waals surface area contributed by atoms with Crippen molar-refractivity contribution < 1.29 is 38.1 Å². The minimum atomic E-state index is -0.989. The number of carbonyl (C=O) groups excluding carboxylic acids is 4. The van der Waals surface area contributed by atoms with Crippen molar-refractivity contribution in [2.75, 3.05) is 46.0 Å². The Morgan fingerprint density at radius 2 is 1.65 bits per heavy atom. The summed E-state index contributed by atoms with van der Waals surface area (Å²) >= 11 is 0. The van der Waals surface area contributed by atoms with E-state index >= 15 is 0 Å². The van der Waals surface area contributed by atoms with Crippen LogP contribution in [0.15, 0.2) is 60.7 Å². The van der Waals surface area contributed by atoms with Crippen molar-refractivity contribution in [3.05, 3.63) is 77.5 Å². The van der Waals surface area contributed by atoms with Crippen molar-refractivity contribution in [1.29, 1.82) is 0 Å². The van der Waals surface area contributed by atoms with Crippen LogP contribution in [0.2, 0.25) is 0 Å². The van der Waals surface area contributed by atoms with Crippen molar-refractivity contribution in [2.45, 2.75) is 58.3 Å². The van der Waals surface area contributed by atoms with Crippen molar-refractivity contribution >= 4 is 23.9 Å².